The molecule has 0 unspecified atom stereocenters. The first-order valence-corrected chi connectivity index (χ1v) is 5.90. The van der Waals surface area contributed by atoms with E-state index in [0.717, 1.165) is 10.0 Å². The van der Waals surface area contributed by atoms with Crippen molar-refractivity contribution >= 4 is 33.4 Å². The molecule has 2 N–H and O–H groups in total. The molecule has 2 amide bonds. The monoisotopic (exact) mass is 338 g/mol. The molecule has 4 nitrogen and oxygen atoms in total. The van der Waals surface area contributed by atoms with Crippen LogP contribution in [0.25, 0.3) is 0 Å². The SMILES string of the molecule is Cc1cc(NC(=O)CNC(=O)C(F)(F)F)ccc1Br. The standard InChI is InChI=1S/C11H10BrF3N2O2/c1-6-4-7(2-3-8(6)12)17-9(18)5-16-10(19)11(13,14)15/h2-4H,5H2,1H3,(H,16,19)(H,17,18). The molecule has 0 aliphatic heterocycles. The summed E-state index contributed by atoms with van der Waals surface area (Å²) in [4.78, 5) is 21.8. The van der Waals surface area contributed by atoms with Crippen molar-refractivity contribution in [3.63, 3.8) is 0 Å². The van der Waals surface area contributed by atoms with Crippen LogP contribution in [0.15, 0.2) is 22.7 Å². The van der Waals surface area contributed by atoms with Crippen molar-refractivity contribution < 1.29 is 22.8 Å². The topological polar surface area (TPSA) is 58.2 Å². The number of nitrogens with one attached hydrogen (secondary N) is 2. The zero-order valence-electron chi connectivity index (χ0n) is 9.77. The third-order valence-corrected chi connectivity index (χ3v) is 3.00. The number of carbonyl (C=O) groups is 2. The molecular weight excluding hydrogens is 329 g/mol. The van der Waals surface area contributed by atoms with Gasteiger partial charge in [-0.05, 0) is 30.7 Å². The van der Waals surface area contributed by atoms with Crippen LogP contribution in [0.3, 0.4) is 0 Å². The molecule has 8 heteroatoms. The molecule has 0 radical (unpaired) electrons. The van der Waals surface area contributed by atoms with E-state index < -0.39 is 24.5 Å². The zero-order chi connectivity index (χ0) is 14.6. The van der Waals surface area contributed by atoms with E-state index in [4.69, 9.17) is 0 Å². The van der Waals surface area contributed by atoms with Crippen LogP contribution < -0.4 is 10.6 Å². The van der Waals surface area contributed by atoms with Gasteiger partial charge in [-0.1, -0.05) is 15.9 Å². The second-order valence-electron chi connectivity index (χ2n) is 3.69. The van der Waals surface area contributed by atoms with Crippen LogP contribution in [0.4, 0.5) is 18.9 Å². The van der Waals surface area contributed by atoms with Gasteiger partial charge in [0.25, 0.3) is 0 Å². The van der Waals surface area contributed by atoms with Gasteiger partial charge in [0.05, 0.1) is 6.54 Å². The van der Waals surface area contributed by atoms with Crippen molar-refractivity contribution in [2.24, 2.45) is 0 Å². The average Bonchev–Trinajstić information content (AvgIpc) is 2.29. The highest BCUT2D eigenvalue weighted by Gasteiger charge is 2.38. The van der Waals surface area contributed by atoms with Gasteiger partial charge in [-0.2, -0.15) is 13.2 Å². The third kappa shape index (κ3) is 4.90. The second-order valence-corrected chi connectivity index (χ2v) is 4.55. The van der Waals surface area contributed by atoms with E-state index in [1.165, 1.54) is 5.32 Å². The highest BCUT2D eigenvalue weighted by Crippen LogP contribution is 2.19. The minimum atomic E-state index is -4.99. The second kappa shape index (κ2) is 6.05. The Morgan fingerprint density at radius 1 is 1.32 bits per heavy atom. The van der Waals surface area contributed by atoms with Crippen LogP contribution in [0.5, 0.6) is 0 Å². The van der Waals surface area contributed by atoms with Crippen LogP contribution in [-0.2, 0) is 9.59 Å². The Kier molecular flexibility index (Phi) is 4.93. The molecule has 0 aromatic heterocycles. The first-order valence-electron chi connectivity index (χ1n) is 5.11. The minimum Gasteiger partial charge on any atom is -0.339 e. The van der Waals surface area contributed by atoms with Gasteiger partial charge < -0.3 is 10.6 Å². The lowest BCUT2D eigenvalue weighted by atomic mass is 10.2. The van der Waals surface area contributed by atoms with E-state index >= 15 is 0 Å². The molecule has 0 aliphatic rings. The molecule has 0 saturated heterocycles. The van der Waals surface area contributed by atoms with Crippen LogP contribution >= 0.6 is 15.9 Å². The molecule has 19 heavy (non-hydrogen) atoms. The summed E-state index contributed by atoms with van der Waals surface area (Å²) in [7, 11) is 0. The Bertz CT molecular complexity index is 503. The predicted octanol–water partition coefficient (Wildman–Crippen LogP) is 2.37. The summed E-state index contributed by atoms with van der Waals surface area (Å²) in [6.07, 6.45) is -4.99. The minimum absolute atomic E-state index is 0.437. The first kappa shape index (κ1) is 15.5. The Labute approximate surface area is 115 Å². The van der Waals surface area contributed by atoms with E-state index in [1.54, 1.807) is 25.1 Å². The molecule has 104 valence electrons. The Morgan fingerprint density at radius 3 is 2.47 bits per heavy atom. The molecule has 0 bridgehead atoms. The van der Waals surface area contributed by atoms with Gasteiger partial charge in [0, 0.05) is 10.2 Å². The molecule has 0 atom stereocenters. The largest absolute Gasteiger partial charge is 0.471 e. The van der Waals surface area contributed by atoms with Crippen molar-refractivity contribution in [1.82, 2.24) is 5.32 Å². The molecule has 0 aliphatic carbocycles. The molecule has 0 spiro atoms. The number of benzene rings is 1. The normalized spacial score (nSPS) is 11.0. The number of hydrogen-bond donors (Lipinski definition) is 2. The maximum atomic E-state index is 11.9. The van der Waals surface area contributed by atoms with Gasteiger partial charge in [-0.3, -0.25) is 9.59 Å². The van der Waals surface area contributed by atoms with Crippen molar-refractivity contribution in [1.29, 1.82) is 0 Å². The van der Waals surface area contributed by atoms with Crippen LogP contribution in [0.1, 0.15) is 5.56 Å². The number of aryl methyl sites for hydroxylation is 1. The summed E-state index contributed by atoms with van der Waals surface area (Å²) < 4.78 is 36.5. The van der Waals surface area contributed by atoms with E-state index in [-0.39, 0.29) is 0 Å². The summed E-state index contributed by atoms with van der Waals surface area (Å²) in [5, 5.41) is 3.86. The Morgan fingerprint density at radius 2 is 1.95 bits per heavy atom. The summed E-state index contributed by atoms with van der Waals surface area (Å²) in [5.41, 5.74) is 1.30. The van der Waals surface area contributed by atoms with E-state index in [2.05, 4.69) is 21.2 Å². The van der Waals surface area contributed by atoms with Crippen molar-refractivity contribution in [2.45, 2.75) is 13.1 Å². The number of anilines is 1. The van der Waals surface area contributed by atoms with Gasteiger partial charge >= 0.3 is 12.1 Å². The molecule has 1 aromatic rings. The van der Waals surface area contributed by atoms with Crippen LogP contribution in [0, 0.1) is 6.92 Å². The van der Waals surface area contributed by atoms with Crippen LogP contribution in [-0.4, -0.2) is 24.5 Å². The van der Waals surface area contributed by atoms with Crippen molar-refractivity contribution in [3.8, 4) is 0 Å². The van der Waals surface area contributed by atoms with Gasteiger partial charge in [-0.15, -0.1) is 0 Å². The molecule has 0 saturated carbocycles. The van der Waals surface area contributed by atoms with Crippen molar-refractivity contribution in [2.75, 3.05) is 11.9 Å². The van der Waals surface area contributed by atoms with E-state index in [9.17, 15) is 22.8 Å². The summed E-state index contributed by atoms with van der Waals surface area (Å²) in [6, 6.07) is 4.92. The number of halogens is 4. The quantitative estimate of drug-likeness (QED) is 0.888. The summed E-state index contributed by atoms with van der Waals surface area (Å²) in [5.74, 6) is -2.88. The lowest BCUT2D eigenvalue weighted by Gasteiger charge is -2.09. The van der Waals surface area contributed by atoms with Crippen LogP contribution in [0.2, 0.25) is 0 Å². The highest BCUT2D eigenvalue weighted by atomic mass is 79.9. The summed E-state index contributed by atoms with van der Waals surface area (Å²) >= 11 is 3.27. The maximum Gasteiger partial charge on any atom is 0.471 e. The number of amides is 2. The summed E-state index contributed by atoms with van der Waals surface area (Å²) in [6.45, 7) is 1.05. The Balaban J connectivity index is 2.52. The fraction of sp³-hybridized carbons (Fsp3) is 0.273. The fourth-order valence-electron chi connectivity index (χ4n) is 1.19. The third-order valence-electron chi connectivity index (χ3n) is 2.11. The Hall–Kier alpha value is -1.57. The van der Waals surface area contributed by atoms with E-state index in [1.807, 2.05) is 0 Å². The lowest BCUT2D eigenvalue weighted by Crippen LogP contribution is -2.41. The van der Waals surface area contributed by atoms with Gasteiger partial charge in [-0.25, -0.2) is 0 Å². The fourth-order valence-corrected chi connectivity index (χ4v) is 1.44. The predicted molar refractivity (Wildman–Crippen MR) is 66.6 cm³/mol. The smallest absolute Gasteiger partial charge is 0.339 e. The molecule has 0 heterocycles. The highest BCUT2D eigenvalue weighted by molar-refractivity contribution is 9.10. The van der Waals surface area contributed by atoms with E-state index in [0.29, 0.717) is 5.69 Å². The molecule has 1 aromatic carbocycles. The lowest BCUT2D eigenvalue weighted by molar-refractivity contribution is -0.173. The number of alkyl halides is 3. The molecule has 1 rings (SSSR count). The maximum absolute atomic E-state index is 11.9. The number of rotatable bonds is 3. The number of hydrogen-bond acceptors (Lipinski definition) is 2. The van der Waals surface area contributed by atoms with Gasteiger partial charge in [0.1, 0.15) is 0 Å². The van der Waals surface area contributed by atoms with Gasteiger partial charge in [0.2, 0.25) is 5.91 Å². The zero-order valence-corrected chi connectivity index (χ0v) is 11.4. The first-order chi connectivity index (χ1) is 8.70. The molecule has 0 fully saturated rings. The van der Waals surface area contributed by atoms with Gasteiger partial charge in [0.15, 0.2) is 0 Å². The van der Waals surface area contributed by atoms with Crippen molar-refractivity contribution in [3.05, 3.63) is 28.2 Å². The molecular formula is C11H10BrF3N2O2. The number of carbonyl (C=O) groups excluding carboxylic acids is 2. The average molecular weight is 339 g/mol.